The topological polar surface area (TPSA) is 48.1 Å². The summed E-state index contributed by atoms with van der Waals surface area (Å²) >= 11 is 0. The van der Waals surface area contributed by atoms with E-state index in [4.69, 9.17) is 14.2 Å². The van der Waals surface area contributed by atoms with Crippen molar-refractivity contribution in [3.63, 3.8) is 0 Å². The van der Waals surface area contributed by atoms with E-state index in [1.165, 1.54) is 6.92 Å². The monoisotopic (exact) mass is 332 g/mol. The number of carbonyl (C=O) groups is 1. The molecule has 1 spiro atoms. The van der Waals surface area contributed by atoms with Gasteiger partial charge in [-0.1, -0.05) is 12.2 Å². The van der Waals surface area contributed by atoms with Crippen LogP contribution in [0.3, 0.4) is 0 Å². The van der Waals surface area contributed by atoms with E-state index in [-0.39, 0.29) is 23.8 Å². The molecule has 0 unspecified atom stereocenters. The minimum absolute atomic E-state index is 0.0972. The molecule has 7 atom stereocenters. The highest BCUT2D eigenvalue weighted by molar-refractivity contribution is 5.67. The Morgan fingerprint density at radius 1 is 1.25 bits per heavy atom. The second-order valence-electron chi connectivity index (χ2n) is 8.04. The summed E-state index contributed by atoms with van der Waals surface area (Å²) in [6, 6.07) is 0. The SMILES string of the molecule is C=CCC[C@@H]1C[C@]2(OC(C)=O)C[C@@H](CC=C)O[C@@]23C[C@@H]2O[C@@H]2C[C@H]13. The molecule has 0 aromatic rings. The fourth-order valence-electron chi connectivity index (χ4n) is 5.90. The molecule has 2 aliphatic carbocycles. The zero-order chi connectivity index (χ0) is 16.9. The zero-order valence-corrected chi connectivity index (χ0v) is 14.5. The summed E-state index contributed by atoms with van der Waals surface area (Å²) < 4.78 is 18.6. The Morgan fingerprint density at radius 3 is 2.79 bits per heavy atom. The average Bonchev–Trinajstić information content (AvgIpc) is 3.14. The smallest absolute Gasteiger partial charge is 0.303 e. The number of allylic oxidation sites excluding steroid dienone is 1. The minimum Gasteiger partial charge on any atom is -0.456 e. The van der Waals surface area contributed by atoms with Gasteiger partial charge in [0, 0.05) is 19.8 Å². The number of hydrogen-bond donors (Lipinski definition) is 0. The summed E-state index contributed by atoms with van der Waals surface area (Å²) in [5, 5.41) is 0. The Balaban J connectivity index is 1.69. The summed E-state index contributed by atoms with van der Waals surface area (Å²) in [7, 11) is 0. The molecule has 4 aliphatic rings. The summed E-state index contributed by atoms with van der Waals surface area (Å²) in [6.07, 6.45) is 11.2. The number of hydrogen-bond acceptors (Lipinski definition) is 4. The third-order valence-electron chi connectivity index (χ3n) is 6.65. The zero-order valence-electron chi connectivity index (χ0n) is 14.5. The molecule has 2 aliphatic heterocycles. The molecule has 0 amide bonds. The third-order valence-corrected chi connectivity index (χ3v) is 6.65. The number of esters is 1. The Bertz CT molecular complexity index is 558. The van der Waals surface area contributed by atoms with Crippen molar-refractivity contribution >= 4 is 5.97 Å². The molecule has 2 heterocycles. The first-order valence-corrected chi connectivity index (χ1v) is 9.28. The fraction of sp³-hybridized carbons (Fsp3) is 0.750. The average molecular weight is 332 g/mol. The van der Waals surface area contributed by atoms with Crippen molar-refractivity contribution in [2.75, 3.05) is 0 Å². The van der Waals surface area contributed by atoms with Crippen molar-refractivity contribution < 1.29 is 19.0 Å². The predicted octanol–water partition coefficient (Wildman–Crippen LogP) is 3.56. The van der Waals surface area contributed by atoms with Gasteiger partial charge in [-0.05, 0) is 43.9 Å². The lowest BCUT2D eigenvalue weighted by Gasteiger charge is -2.43. The van der Waals surface area contributed by atoms with Gasteiger partial charge >= 0.3 is 5.97 Å². The summed E-state index contributed by atoms with van der Waals surface area (Å²) in [4.78, 5) is 11.9. The van der Waals surface area contributed by atoms with Gasteiger partial charge in [0.1, 0.15) is 11.2 Å². The minimum atomic E-state index is -0.486. The lowest BCUT2D eigenvalue weighted by atomic mass is 9.70. The van der Waals surface area contributed by atoms with Gasteiger partial charge in [-0.2, -0.15) is 0 Å². The molecular formula is C20H28O4. The molecule has 0 N–H and O–H groups in total. The van der Waals surface area contributed by atoms with Crippen LogP contribution in [0.5, 0.6) is 0 Å². The molecule has 0 bridgehead atoms. The van der Waals surface area contributed by atoms with Crippen LogP contribution in [0.2, 0.25) is 0 Å². The quantitative estimate of drug-likeness (QED) is 0.424. The molecule has 4 nitrogen and oxygen atoms in total. The third kappa shape index (κ3) is 2.30. The number of epoxide rings is 1. The Labute approximate surface area is 144 Å². The van der Waals surface area contributed by atoms with Gasteiger partial charge in [0.15, 0.2) is 0 Å². The molecule has 0 radical (unpaired) electrons. The van der Waals surface area contributed by atoms with Gasteiger partial charge in [-0.15, -0.1) is 13.2 Å². The maximum absolute atomic E-state index is 11.9. The van der Waals surface area contributed by atoms with Gasteiger partial charge in [0.2, 0.25) is 0 Å². The maximum atomic E-state index is 11.9. The molecule has 24 heavy (non-hydrogen) atoms. The van der Waals surface area contributed by atoms with E-state index >= 15 is 0 Å². The molecule has 0 aromatic carbocycles. The van der Waals surface area contributed by atoms with E-state index in [0.29, 0.717) is 17.9 Å². The van der Waals surface area contributed by atoms with E-state index in [9.17, 15) is 4.79 Å². The van der Waals surface area contributed by atoms with E-state index in [0.717, 1.165) is 44.9 Å². The second kappa shape index (κ2) is 5.70. The summed E-state index contributed by atoms with van der Waals surface area (Å²) in [5.41, 5.74) is -0.851. The van der Waals surface area contributed by atoms with Crippen molar-refractivity contribution in [2.24, 2.45) is 11.8 Å². The van der Waals surface area contributed by atoms with Crippen LogP contribution in [0, 0.1) is 11.8 Å². The molecule has 2 saturated heterocycles. The largest absolute Gasteiger partial charge is 0.456 e. The van der Waals surface area contributed by atoms with Gasteiger partial charge in [-0.3, -0.25) is 4.79 Å². The highest BCUT2D eigenvalue weighted by Gasteiger charge is 2.75. The highest BCUT2D eigenvalue weighted by atomic mass is 16.6. The normalized spacial score (nSPS) is 48.1. The number of ether oxygens (including phenoxy) is 3. The summed E-state index contributed by atoms with van der Waals surface area (Å²) in [6.45, 7) is 9.25. The molecule has 0 aromatic heterocycles. The van der Waals surface area contributed by atoms with Gasteiger partial charge in [-0.25, -0.2) is 0 Å². The first kappa shape index (κ1) is 16.3. The summed E-state index contributed by atoms with van der Waals surface area (Å²) in [5.74, 6) is 0.728. The lowest BCUT2D eigenvalue weighted by molar-refractivity contribution is -0.186. The number of rotatable bonds is 6. The number of carbonyl (C=O) groups excluding carboxylic acids is 1. The van der Waals surface area contributed by atoms with Crippen LogP contribution in [-0.2, 0) is 19.0 Å². The van der Waals surface area contributed by atoms with E-state index in [1.807, 2.05) is 12.2 Å². The molecular weight excluding hydrogens is 304 g/mol. The van der Waals surface area contributed by atoms with Crippen molar-refractivity contribution in [1.82, 2.24) is 0 Å². The molecule has 2 saturated carbocycles. The Morgan fingerprint density at radius 2 is 2.08 bits per heavy atom. The van der Waals surface area contributed by atoms with Crippen molar-refractivity contribution in [3.05, 3.63) is 25.3 Å². The first-order valence-electron chi connectivity index (χ1n) is 9.28. The molecule has 4 rings (SSSR count). The van der Waals surface area contributed by atoms with Crippen molar-refractivity contribution in [1.29, 1.82) is 0 Å². The lowest BCUT2D eigenvalue weighted by Crippen LogP contribution is -2.55. The van der Waals surface area contributed by atoms with E-state index in [2.05, 4.69) is 13.2 Å². The van der Waals surface area contributed by atoms with Crippen LogP contribution in [0.25, 0.3) is 0 Å². The predicted molar refractivity (Wildman–Crippen MR) is 90.5 cm³/mol. The fourth-order valence-corrected chi connectivity index (χ4v) is 5.90. The van der Waals surface area contributed by atoms with Crippen LogP contribution in [0.15, 0.2) is 25.3 Å². The standard InChI is InChI=1S/C20H28O4/c1-4-6-8-14-10-19(23-13(3)21)11-15(7-5-2)24-20(19)12-18-17(22-18)9-16(14)20/h4-5,14-18H,1-2,6-12H2,3H3/t14-,15-,16-,17-,18+,19+,20-/m1/s1. The van der Waals surface area contributed by atoms with Gasteiger partial charge < -0.3 is 14.2 Å². The molecule has 4 fully saturated rings. The van der Waals surface area contributed by atoms with Crippen LogP contribution >= 0.6 is 0 Å². The van der Waals surface area contributed by atoms with E-state index < -0.39 is 5.60 Å². The van der Waals surface area contributed by atoms with Crippen LogP contribution in [-0.4, -0.2) is 35.5 Å². The van der Waals surface area contributed by atoms with Crippen LogP contribution in [0.4, 0.5) is 0 Å². The first-order chi connectivity index (χ1) is 11.5. The Hall–Kier alpha value is -1.13. The highest BCUT2D eigenvalue weighted by Crippen LogP contribution is 2.66. The Kier molecular flexibility index (Phi) is 3.88. The second-order valence-corrected chi connectivity index (χ2v) is 8.04. The van der Waals surface area contributed by atoms with Crippen molar-refractivity contribution in [2.45, 2.75) is 81.4 Å². The van der Waals surface area contributed by atoms with Crippen LogP contribution < -0.4 is 0 Å². The molecule has 132 valence electrons. The van der Waals surface area contributed by atoms with E-state index in [1.54, 1.807) is 0 Å². The van der Waals surface area contributed by atoms with Gasteiger partial charge in [0.05, 0.1) is 18.3 Å². The maximum Gasteiger partial charge on any atom is 0.303 e. The number of fused-ring (bicyclic) bond motifs is 1. The van der Waals surface area contributed by atoms with Crippen LogP contribution in [0.1, 0.15) is 51.9 Å². The van der Waals surface area contributed by atoms with Crippen molar-refractivity contribution in [3.8, 4) is 0 Å². The molecule has 4 heteroatoms. The van der Waals surface area contributed by atoms with Gasteiger partial charge in [0.25, 0.3) is 0 Å².